The molecule has 2 aliphatic rings. The quantitative estimate of drug-likeness (QED) is 0.682. The van der Waals surface area contributed by atoms with Crippen LogP contribution in [0.3, 0.4) is 0 Å². The number of hydrogen-bond acceptors (Lipinski definition) is 5. The lowest BCUT2D eigenvalue weighted by Gasteiger charge is -2.36. The van der Waals surface area contributed by atoms with E-state index in [1.807, 2.05) is 5.38 Å². The van der Waals surface area contributed by atoms with E-state index in [1.54, 1.807) is 18.5 Å². The minimum absolute atomic E-state index is 0.0395. The van der Waals surface area contributed by atoms with Crippen molar-refractivity contribution in [3.05, 3.63) is 64.9 Å². The molecule has 2 aliphatic carbocycles. The molecule has 136 valence electrons. The number of nitrogens with zero attached hydrogens (tertiary/aromatic N) is 4. The number of hydrogen-bond donors (Lipinski definition) is 0. The fraction of sp³-hybridized carbons (Fsp3) is 0.333. The Morgan fingerprint density at radius 2 is 1.89 bits per heavy atom. The molecule has 5 nitrogen and oxygen atoms in total. The molecule has 0 radical (unpaired) electrons. The molecule has 5 rings (SSSR count). The number of carbonyl (C=O) groups is 1. The molecule has 1 atom stereocenters. The van der Waals surface area contributed by atoms with Gasteiger partial charge in [-0.3, -0.25) is 4.79 Å². The zero-order chi connectivity index (χ0) is 18.2. The Bertz CT molecular complexity index is 967. The molecule has 27 heavy (non-hydrogen) atoms. The summed E-state index contributed by atoms with van der Waals surface area (Å²) in [6, 6.07) is 10.8. The second kappa shape index (κ2) is 6.85. The lowest BCUT2D eigenvalue weighted by molar-refractivity contribution is 0.0632. The molecule has 3 aromatic rings. The molecule has 2 heterocycles. The van der Waals surface area contributed by atoms with E-state index in [4.69, 9.17) is 0 Å². The van der Waals surface area contributed by atoms with Gasteiger partial charge in [-0.1, -0.05) is 24.3 Å². The molecular weight excluding hydrogens is 356 g/mol. The third-order valence-electron chi connectivity index (χ3n) is 5.33. The van der Waals surface area contributed by atoms with Crippen molar-refractivity contribution in [1.29, 1.82) is 0 Å². The number of carbonyl (C=O) groups excluding carboxylic acids is 1. The van der Waals surface area contributed by atoms with E-state index < -0.39 is 0 Å². The number of benzene rings is 1. The first-order valence-electron chi connectivity index (χ1n) is 9.44. The zero-order valence-corrected chi connectivity index (χ0v) is 15.7. The van der Waals surface area contributed by atoms with Gasteiger partial charge in [0, 0.05) is 23.8 Å². The van der Waals surface area contributed by atoms with E-state index in [0.717, 1.165) is 32.1 Å². The standard InChI is InChI=1S/C21H20N4OS/c26-21(17-13-27-20(24-17)19-22-11-4-12-23-19)25(15-9-10-15)18-8-3-6-14-5-1-2-7-16(14)18/h1-2,4-5,7,11-13,15,18H,3,6,8-10H2. The average Bonchev–Trinajstić information content (AvgIpc) is 3.43. The first-order chi connectivity index (χ1) is 13.3. The van der Waals surface area contributed by atoms with Gasteiger partial charge in [-0.25, -0.2) is 15.0 Å². The van der Waals surface area contributed by atoms with Gasteiger partial charge >= 0.3 is 0 Å². The van der Waals surface area contributed by atoms with Crippen LogP contribution in [-0.4, -0.2) is 31.8 Å². The average molecular weight is 376 g/mol. The van der Waals surface area contributed by atoms with Crippen molar-refractivity contribution < 1.29 is 4.79 Å². The molecular formula is C21H20N4OS. The van der Waals surface area contributed by atoms with Crippen molar-refractivity contribution in [2.24, 2.45) is 0 Å². The lowest BCUT2D eigenvalue weighted by Crippen LogP contribution is -2.38. The van der Waals surface area contributed by atoms with Gasteiger partial charge in [0.05, 0.1) is 6.04 Å². The topological polar surface area (TPSA) is 59.0 Å². The second-order valence-corrected chi connectivity index (χ2v) is 8.02. The molecule has 2 aromatic heterocycles. The third kappa shape index (κ3) is 3.14. The summed E-state index contributed by atoms with van der Waals surface area (Å²) >= 11 is 1.43. The Morgan fingerprint density at radius 3 is 2.70 bits per heavy atom. The van der Waals surface area contributed by atoms with Crippen molar-refractivity contribution in [2.45, 2.75) is 44.2 Å². The maximum atomic E-state index is 13.4. The summed E-state index contributed by atoms with van der Waals surface area (Å²) in [5.41, 5.74) is 3.20. The van der Waals surface area contributed by atoms with Crippen molar-refractivity contribution >= 4 is 17.2 Å². The molecule has 0 bridgehead atoms. The number of amides is 1. The number of aromatic nitrogens is 3. The molecule has 0 N–H and O–H groups in total. The fourth-order valence-corrected chi connectivity index (χ4v) is 4.69. The Kier molecular flexibility index (Phi) is 4.20. The van der Waals surface area contributed by atoms with Crippen molar-refractivity contribution in [1.82, 2.24) is 19.9 Å². The maximum absolute atomic E-state index is 13.4. The summed E-state index contributed by atoms with van der Waals surface area (Å²) < 4.78 is 0. The van der Waals surface area contributed by atoms with Crippen LogP contribution in [0.15, 0.2) is 48.1 Å². The summed E-state index contributed by atoms with van der Waals surface area (Å²) in [5, 5.41) is 2.54. The highest BCUT2D eigenvalue weighted by atomic mass is 32.1. The van der Waals surface area contributed by atoms with E-state index in [0.29, 0.717) is 22.6 Å². The minimum Gasteiger partial charge on any atom is -0.327 e. The van der Waals surface area contributed by atoms with Gasteiger partial charge in [0.2, 0.25) is 0 Å². The van der Waals surface area contributed by atoms with Crippen LogP contribution in [0, 0.1) is 0 Å². The monoisotopic (exact) mass is 376 g/mol. The van der Waals surface area contributed by atoms with E-state index in [1.165, 1.54) is 22.5 Å². The Balaban J connectivity index is 1.47. The summed E-state index contributed by atoms with van der Waals surface area (Å²) in [7, 11) is 0. The summed E-state index contributed by atoms with van der Waals surface area (Å²) in [6.07, 6.45) is 8.82. The van der Waals surface area contributed by atoms with Crippen molar-refractivity contribution in [3.8, 4) is 10.8 Å². The molecule has 1 unspecified atom stereocenters. The van der Waals surface area contributed by atoms with Gasteiger partial charge in [0.25, 0.3) is 5.91 Å². The molecule has 1 saturated carbocycles. The zero-order valence-electron chi connectivity index (χ0n) is 14.9. The van der Waals surface area contributed by atoms with Crippen LogP contribution in [0.2, 0.25) is 0 Å². The van der Waals surface area contributed by atoms with Gasteiger partial charge in [-0.2, -0.15) is 0 Å². The van der Waals surface area contributed by atoms with Crippen LogP contribution in [0.25, 0.3) is 10.8 Å². The number of fused-ring (bicyclic) bond motifs is 1. The largest absolute Gasteiger partial charge is 0.327 e. The predicted molar refractivity (Wildman–Crippen MR) is 104 cm³/mol. The molecule has 1 fully saturated rings. The normalized spacial score (nSPS) is 18.7. The smallest absolute Gasteiger partial charge is 0.274 e. The van der Waals surface area contributed by atoms with Crippen molar-refractivity contribution in [3.63, 3.8) is 0 Å². The highest BCUT2D eigenvalue weighted by molar-refractivity contribution is 7.13. The van der Waals surface area contributed by atoms with Gasteiger partial charge in [-0.15, -0.1) is 11.3 Å². The first kappa shape index (κ1) is 16.6. The molecule has 0 saturated heterocycles. The number of thiazole rings is 1. The Labute approximate surface area is 162 Å². The second-order valence-electron chi connectivity index (χ2n) is 7.16. The molecule has 0 spiro atoms. The van der Waals surface area contributed by atoms with Gasteiger partial charge in [0.1, 0.15) is 5.69 Å². The van der Waals surface area contributed by atoms with Gasteiger partial charge in [0.15, 0.2) is 10.8 Å². The first-order valence-corrected chi connectivity index (χ1v) is 10.3. The Morgan fingerprint density at radius 1 is 1.07 bits per heavy atom. The van der Waals surface area contributed by atoms with Crippen LogP contribution in [0.1, 0.15) is 53.3 Å². The SMILES string of the molecule is O=C(c1csc(-c2ncccn2)n1)N(C1CC1)C1CCCc2ccccc21. The highest BCUT2D eigenvalue weighted by Crippen LogP contribution is 2.41. The van der Waals surface area contributed by atoms with E-state index >= 15 is 0 Å². The number of rotatable bonds is 4. The van der Waals surface area contributed by atoms with Gasteiger partial charge in [-0.05, 0) is 49.3 Å². The predicted octanol–water partition coefficient (Wildman–Crippen LogP) is 4.28. The van der Waals surface area contributed by atoms with Crippen molar-refractivity contribution in [2.75, 3.05) is 0 Å². The van der Waals surface area contributed by atoms with Crippen LogP contribution in [0.5, 0.6) is 0 Å². The highest BCUT2D eigenvalue weighted by Gasteiger charge is 2.40. The maximum Gasteiger partial charge on any atom is 0.274 e. The third-order valence-corrected chi connectivity index (χ3v) is 6.17. The van der Waals surface area contributed by atoms with E-state index in [2.05, 4.69) is 44.1 Å². The van der Waals surface area contributed by atoms with Crippen LogP contribution >= 0.6 is 11.3 Å². The van der Waals surface area contributed by atoms with Gasteiger partial charge < -0.3 is 4.90 Å². The number of aryl methyl sites for hydroxylation is 1. The van der Waals surface area contributed by atoms with Crippen LogP contribution in [-0.2, 0) is 6.42 Å². The van der Waals surface area contributed by atoms with E-state index in [-0.39, 0.29) is 11.9 Å². The fourth-order valence-electron chi connectivity index (χ4n) is 3.95. The Hall–Kier alpha value is -2.60. The summed E-state index contributed by atoms with van der Waals surface area (Å²) in [6.45, 7) is 0. The molecule has 0 aliphatic heterocycles. The molecule has 1 aromatic carbocycles. The van der Waals surface area contributed by atoms with Crippen LogP contribution in [0.4, 0.5) is 0 Å². The lowest BCUT2D eigenvalue weighted by atomic mass is 9.86. The summed E-state index contributed by atoms with van der Waals surface area (Å²) in [4.78, 5) is 28.6. The minimum atomic E-state index is 0.0395. The summed E-state index contributed by atoms with van der Waals surface area (Å²) in [5.74, 6) is 0.611. The van der Waals surface area contributed by atoms with Crippen LogP contribution < -0.4 is 0 Å². The van der Waals surface area contributed by atoms with E-state index in [9.17, 15) is 4.79 Å². The molecule has 6 heteroatoms. The molecule has 1 amide bonds.